The van der Waals surface area contributed by atoms with Crippen LogP contribution in [0.15, 0.2) is 55.1 Å². The van der Waals surface area contributed by atoms with Gasteiger partial charge in [-0.05, 0) is 37.1 Å². The van der Waals surface area contributed by atoms with Gasteiger partial charge in [0.25, 0.3) is 0 Å². The van der Waals surface area contributed by atoms with Crippen LogP contribution < -0.4 is 18.9 Å². The smallest absolute Gasteiger partial charge is 0.217 e. The molecule has 0 saturated heterocycles. The van der Waals surface area contributed by atoms with E-state index in [2.05, 4.69) is 16.0 Å². The maximum absolute atomic E-state index is 9.73. The first-order valence-corrected chi connectivity index (χ1v) is 9.79. The lowest BCUT2D eigenvalue weighted by Crippen LogP contribution is -2.05. The second-order valence-electron chi connectivity index (χ2n) is 6.30. The van der Waals surface area contributed by atoms with Crippen LogP contribution in [0.25, 0.3) is 0 Å². The molecule has 2 heterocycles. The van der Waals surface area contributed by atoms with E-state index in [0.717, 1.165) is 12.8 Å². The number of pyridine rings is 2. The number of benzene rings is 1. The van der Waals surface area contributed by atoms with Gasteiger partial charge in [0.2, 0.25) is 11.5 Å². The topological polar surface area (TPSA) is 86.5 Å². The average molecular weight is 405 g/mol. The van der Waals surface area contributed by atoms with E-state index in [4.69, 9.17) is 18.9 Å². The van der Waals surface area contributed by atoms with Gasteiger partial charge in [-0.25, -0.2) is 0 Å². The monoisotopic (exact) mass is 405 g/mol. The van der Waals surface area contributed by atoms with Crippen LogP contribution in [0.2, 0.25) is 0 Å². The van der Waals surface area contributed by atoms with Gasteiger partial charge in [0.1, 0.15) is 23.1 Å². The summed E-state index contributed by atoms with van der Waals surface area (Å²) in [5.74, 6) is 2.23. The summed E-state index contributed by atoms with van der Waals surface area (Å²) in [6, 6.07) is 10.8. The largest absolute Gasteiger partial charge is 0.489 e. The van der Waals surface area contributed by atoms with Crippen molar-refractivity contribution in [1.29, 1.82) is 5.26 Å². The third-order valence-electron chi connectivity index (χ3n) is 3.90. The SMILES string of the molecule is CCCOc1cc(C#N)c(OCCC)c(Oc2cccnc2)c1Oc1cccnc1. The van der Waals surface area contributed by atoms with Crippen molar-refractivity contribution in [2.24, 2.45) is 0 Å². The molecule has 2 aromatic heterocycles. The Morgan fingerprint density at radius 2 is 1.43 bits per heavy atom. The van der Waals surface area contributed by atoms with Gasteiger partial charge in [-0.1, -0.05) is 13.8 Å². The normalized spacial score (nSPS) is 10.2. The molecular formula is C23H23N3O4. The fourth-order valence-electron chi connectivity index (χ4n) is 2.59. The minimum atomic E-state index is 0.255. The zero-order valence-electron chi connectivity index (χ0n) is 17.0. The summed E-state index contributed by atoms with van der Waals surface area (Å²) in [6.45, 7) is 4.85. The lowest BCUT2D eigenvalue weighted by Gasteiger charge is -2.20. The Morgan fingerprint density at radius 1 is 0.833 bits per heavy atom. The van der Waals surface area contributed by atoms with Crippen molar-refractivity contribution in [3.63, 3.8) is 0 Å². The van der Waals surface area contributed by atoms with Gasteiger partial charge in [0.15, 0.2) is 11.5 Å². The van der Waals surface area contributed by atoms with Gasteiger partial charge >= 0.3 is 0 Å². The van der Waals surface area contributed by atoms with Gasteiger partial charge in [-0.2, -0.15) is 5.26 Å². The highest BCUT2D eigenvalue weighted by Gasteiger charge is 2.25. The number of rotatable bonds is 10. The number of nitriles is 1. The number of hydrogen-bond donors (Lipinski definition) is 0. The highest BCUT2D eigenvalue weighted by atomic mass is 16.6. The predicted octanol–water partition coefficient (Wildman–Crippen LogP) is 5.51. The molecule has 7 nitrogen and oxygen atoms in total. The maximum atomic E-state index is 9.73. The second kappa shape index (κ2) is 10.7. The molecule has 0 bridgehead atoms. The minimum absolute atomic E-state index is 0.255. The second-order valence-corrected chi connectivity index (χ2v) is 6.30. The van der Waals surface area contributed by atoms with Crippen LogP contribution in [0.5, 0.6) is 34.5 Å². The van der Waals surface area contributed by atoms with E-state index in [0.29, 0.717) is 47.5 Å². The summed E-state index contributed by atoms with van der Waals surface area (Å²) in [4.78, 5) is 8.18. The molecule has 0 aliphatic rings. The van der Waals surface area contributed by atoms with Crippen LogP contribution in [-0.2, 0) is 0 Å². The summed E-state index contributed by atoms with van der Waals surface area (Å²) in [5.41, 5.74) is 0.298. The lowest BCUT2D eigenvalue weighted by atomic mass is 10.1. The van der Waals surface area contributed by atoms with E-state index in [1.165, 1.54) is 0 Å². The van der Waals surface area contributed by atoms with E-state index < -0.39 is 0 Å². The number of nitrogens with zero attached hydrogens (tertiary/aromatic N) is 3. The van der Waals surface area contributed by atoms with Crippen LogP contribution in [0.3, 0.4) is 0 Å². The molecule has 0 aliphatic carbocycles. The van der Waals surface area contributed by atoms with E-state index in [1.54, 1.807) is 55.1 Å². The van der Waals surface area contributed by atoms with Crippen LogP contribution in [0.1, 0.15) is 32.3 Å². The molecule has 1 aromatic carbocycles. The van der Waals surface area contributed by atoms with Crippen molar-refractivity contribution < 1.29 is 18.9 Å². The van der Waals surface area contributed by atoms with E-state index >= 15 is 0 Å². The van der Waals surface area contributed by atoms with Crippen molar-refractivity contribution in [1.82, 2.24) is 9.97 Å². The van der Waals surface area contributed by atoms with Crippen LogP contribution in [0.4, 0.5) is 0 Å². The molecule has 30 heavy (non-hydrogen) atoms. The molecule has 154 valence electrons. The first-order valence-electron chi connectivity index (χ1n) is 9.79. The summed E-state index contributed by atoms with van der Waals surface area (Å²) >= 11 is 0. The van der Waals surface area contributed by atoms with Crippen molar-refractivity contribution in [2.75, 3.05) is 13.2 Å². The Bertz CT molecular complexity index is 989. The molecular weight excluding hydrogens is 382 g/mol. The van der Waals surface area contributed by atoms with Crippen molar-refractivity contribution in [3.05, 3.63) is 60.7 Å². The Kier molecular flexibility index (Phi) is 7.45. The Balaban J connectivity index is 2.17. The number of aromatic nitrogens is 2. The maximum Gasteiger partial charge on any atom is 0.217 e. The first kappa shape index (κ1) is 20.9. The minimum Gasteiger partial charge on any atom is -0.489 e. The van der Waals surface area contributed by atoms with Gasteiger partial charge in [0.05, 0.1) is 25.6 Å². The highest BCUT2D eigenvalue weighted by Crippen LogP contribution is 2.50. The van der Waals surface area contributed by atoms with Gasteiger partial charge < -0.3 is 18.9 Å². The summed E-state index contributed by atoms with van der Waals surface area (Å²) in [6.07, 6.45) is 8.02. The van der Waals surface area contributed by atoms with Gasteiger partial charge in [-0.15, -0.1) is 0 Å². The average Bonchev–Trinajstić information content (AvgIpc) is 2.79. The highest BCUT2D eigenvalue weighted by molar-refractivity contribution is 5.67. The van der Waals surface area contributed by atoms with Gasteiger partial charge in [0, 0.05) is 18.5 Å². The zero-order chi connectivity index (χ0) is 21.2. The number of hydrogen-bond acceptors (Lipinski definition) is 7. The first-order chi connectivity index (χ1) is 14.8. The molecule has 0 spiro atoms. The van der Waals surface area contributed by atoms with Crippen LogP contribution >= 0.6 is 0 Å². The molecule has 0 amide bonds. The predicted molar refractivity (Wildman–Crippen MR) is 111 cm³/mol. The van der Waals surface area contributed by atoms with E-state index in [9.17, 15) is 5.26 Å². The molecule has 3 aromatic rings. The summed E-state index contributed by atoms with van der Waals surface area (Å²) < 4.78 is 24.0. The Labute approximate surface area is 175 Å². The fourth-order valence-corrected chi connectivity index (χ4v) is 2.59. The third-order valence-corrected chi connectivity index (χ3v) is 3.90. The molecule has 0 unspecified atom stereocenters. The third kappa shape index (κ3) is 5.17. The van der Waals surface area contributed by atoms with Gasteiger partial charge in [-0.3, -0.25) is 9.97 Å². The van der Waals surface area contributed by atoms with Crippen molar-refractivity contribution in [2.45, 2.75) is 26.7 Å². The molecule has 0 saturated carbocycles. The molecule has 0 radical (unpaired) electrons. The number of ether oxygens (including phenoxy) is 4. The molecule has 0 N–H and O–H groups in total. The molecule has 0 fully saturated rings. The van der Waals surface area contributed by atoms with Crippen molar-refractivity contribution in [3.8, 4) is 40.6 Å². The molecule has 0 atom stereocenters. The summed E-state index contributed by atoms with van der Waals surface area (Å²) in [7, 11) is 0. The zero-order valence-corrected chi connectivity index (χ0v) is 17.0. The fraction of sp³-hybridized carbons (Fsp3) is 0.261. The van der Waals surface area contributed by atoms with E-state index in [1.807, 2.05) is 13.8 Å². The summed E-state index contributed by atoms with van der Waals surface area (Å²) in [5, 5.41) is 9.73. The Morgan fingerprint density at radius 3 is 1.97 bits per heavy atom. The molecule has 0 aliphatic heterocycles. The van der Waals surface area contributed by atoms with Crippen LogP contribution in [-0.4, -0.2) is 23.2 Å². The molecule has 3 rings (SSSR count). The Hall–Kier alpha value is -3.79. The van der Waals surface area contributed by atoms with E-state index in [-0.39, 0.29) is 5.75 Å². The molecule has 7 heteroatoms. The lowest BCUT2D eigenvalue weighted by molar-refractivity contribution is 0.279. The quantitative estimate of drug-likeness (QED) is 0.439. The van der Waals surface area contributed by atoms with Crippen molar-refractivity contribution >= 4 is 0 Å². The standard InChI is InChI=1S/C23H23N3O4/c1-3-11-27-20-13-17(14-24)21(28-12-4-2)23(30-19-8-6-10-26-16-19)22(20)29-18-7-5-9-25-15-18/h5-10,13,15-16H,3-4,11-12H2,1-2H3. The van der Waals surface area contributed by atoms with Crippen LogP contribution in [0, 0.1) is 11.3 Å².